The van der Waals surface area contributed by atoms with Crippen LogP contribution < -0.4 is 0 Å². The molecule has 3 nitrogen and oxygen atoms in total. The van der Waals surface area contributed by atoms with Crippen LogP contribution in [-0.4, -0.2) is 4.92 Å². The van der Waals surface area contributed by atoms with Crippen LogP contribution in [0.4, 0.5) is 5.69 Å². The normalized spacial score (nSPS) is 15.3. The number of halogens is 1. The zero-order valence-corrected chi connectivity index (χ0v) is 12.1. The average Bonchev–Trinajstić information content (AvgIpc) is 2.37. The molecular formula is C16H14ClNO2. The number of fused-ring (bicyclic) bond motifs is 2. The largest absolute Gasteiger partial charge is 0.273 e. The van der Waals surface area contributed by atoms with E-state index in [1.807, 2.05) is 24.3 Å². The lowest BCUT2D eigenvalue weighted by atomic mass is 9.68. The zero-order chi connectivity index (χ0) is 14.5. The second-order valence-corrected chi connectivity index (χ2v) is 6.04. The molecule has 0 fully saturated rings. The zero-order valence-electron chi connectivity index (χ0n) is 11.3. The van der Waals surface area contributed by atoms with E-state index in [0.717, 1.165) is 27.3 Å². The van der Waals surface area contributed by atoms with E-state index >= 15 is 0 Å². The first-order valence-electron chi connectivity index (χ1n) is 6.47. The fourth-order valence-corrected chi connectivity index (χ4v) is 3.69. The first-order valence-corrected chi connectivity index (χ1v) is 6.85. The number of nitrogens with zero attached hydrogens (tertiary/aromatic N) is 1. The van der Waals surface area contributed by atoms with Crippen molar-refractivity contribution >= 4 is 17.3 Å². The third-order valence-corrected chi connectivity index (χ3v) is 4.43. The number of hydrogen-bond acceptors (Lipinski definition) is 2. The monoisotopic (exact) mass is 287 g/mol. The smallest absolute Gasteiger partial charge is 0.258 e. The van der Waals surface area contributed by atoms with E-state index in [4.69, 9.17) is 11.6 Å². The van der Waals surface area contributed by atoms with Crippen LogP contribution in [0.3, 0.4) is 0 Å². The molecule has 0 saturated heterocycles. The summed E-state index contributed by atoms with van der Waals surface area (Å²) in [6.45, 7) is 4.14. The molecule has 0 unspecified atom stereocenters. The van der Waals surface area contributed by atoms with E-state index in [1.165, 1.54) is 0 Å². The van der Waals surface area contributed by atoms with Gasteiger partial charge in [-0.1, -0.05) is 49.7 Å². The number of nitro benzene ring substituents is 1. The van der Waals surface area contributed by atoms with Gasteiger partial charge in [0.2, 0.25) is 0 Å². The maximum atomic E-state index is 11.2. The molecule has 2 aromatic rings. The highest BCUT2D eigenvalue weighted by molar-refractivity contribution is 6.31. The van der Waals surface area contributed by atoms with Gasteiger partial charge in [-0.3, -0.25) is 10.1 Å². The van der Waals surface area contributed by atoms with E-state index in [1.54, 1.807) is 12.1 Å². The van der Waals surface area contributed by atoms with Gasteiger partial charge in [0, 0.05) is 28.5 Å². The highest BCUT2D eigenvalue weighted by Gasteiger charge is 2.37. The molecule has 102 valence electrons. The summed E-state index contributed by atoms with van der Waals surface area (Å²) in [5, 5.41) is 12.0. The summed E-state index contributed by atoms with van der Waals surface area (Å²) in [6.07, 6.45) is 0.561. The number of rotatable bonds is 1. The van der Waals surface area contributed by atoms with Crippen molar-refractivity contribution in [2.75, 3.05) is 0 Å². The van der Waals surface area contributed by atoms with Gasteiger partial charge in [0.05, 0.1) is 4.92 Å². The van der Waals surface area contributed by atoms with Gasteiger partial charge in [-0.05, 0) is 22.8 Å². The van der Waals surface area contributed by atoms with Gasteiger partial charge in [0.15, 0.2) is 0 Å². The lowest BCUT2D eigenvalue weighted by molar-refractivity contribution is -0.385. The van der Waals surface area contributed by atoms with Crippen molar-refractivity contribution in [1.29, 1.82) is 0 Å². The van der Waals surface area contributed by atoms with Crippen molar-refractivity contribution in [3.05, 3.63) is 73.8 Å². The minimum Gasteiger partial charge on any atom is -0.258 e. The van der Waals surface area contributed by atoms with Gasteiger partial charge in [0.25, 0.3) is 5.69 Å². The van der Waals surface area contributed by atoms with Crippen molar-refractivity contribution in [3.8, 4) is 0 Å². The third kappa shape index (κ3) is 1.74. The Morgan fingerprint density at radius 2 is 1.90 bits per heavy atom. The maximum Gasteiger partial charge on any atom is 0.273 e. The fourth-order valence-electron chi connectivity index (χ4n) is 3.26. The number of nitro groups is 1. The van der Waals surface area contributed by atoms with Crippen LogP contribution >= 0.6 is 11.6 Å². The van der Waals surface area contributed by atoms with E-state index in [9.17, 15) is 10.1 Å². The van der Waals surface area contributed by atoms with Crippen molar-refractivity contribution in [2.24, 2.45) is 0 Å². The molecule has 0 spiro atoms. The van der Waals surface area contributed by atoms with Crippen LogP contribution in [0.1, 0.15) is 36.1 Å². The molecule has 4 heteroatoms. The molecule has 20 heavy (non-hydrogen) atoms. The summed E-state index contributed by atoms with van der Waals surface area (Å²) in [6, 6.07) is 11.1. The van der Waals surface area contributed by atoms with Gasteiger partial charge in [-0.15, -0.1) is 0 Å². The Balaban J connectivity index is 2.32. The summed E-state index contributed by atoms with van der Waals surface area (Å²) in [5.74, 6) is 0. The number of benzene rings is 2. The summed E-state index contributed by atoms with van der Waals surface area (Å²) in [7, 11) is 0. The topological polar surface area (TPSA) is 43.1 Å². The Morgan fingerprint density at radius 1 is 1.20 bits per heavy atom. The Morgan fingerprint density at radius 3 is 2.60 bits per heavy atom. The Hall–Kier alpha value is -1.87. The summed E-state index contributed by atoms with van der Waals surface area (Å²) in [5.41, 5.74) is 3.82. The second-order valence-electron chi connectivity index (χ2n) is 5.64. The highest BCUT2D eigenvalue weighted by atomic mass is 35.5. The first-order chi connectivity index (χ1) is 9.43. The van der Waals surface area contributed by atoms with E-state index in [-0.39, 0.29) is 16.0 Å². The van der Waals surface area contributed by atoms with Crippen LogP contribution in [0.25, 0.3) is 0 Å². The quantitative estimate of drug-likeness (QED) is 0.573. The molecule has 2 aromatic carbocycles. The molecule has 0 atom stereocenters. The predicted molar refractivity (Wildman–Crippen MR) is 79.5 cm³/mol. The predicted octanol–water partition coefficient (Wildman–Crippen LogP) is 4.48. The maximum absolute atomic E-state index is 11.2. The molecule has 0 saturated carbocycles. The van der Waals surface area contributed by atoms with Crippen LogP contribution in [-0.2, 0) is 11.8 Å². The minimum atomic E-state index is -0.326. The fraction of sp³-hybridized carbons (Fsp3) is 0.250. The van der Waals surface area contributed by atoms with E-state index < -0.39 is 0 Å². The standard InChI is InChI=1S/C16H14ClNO2/c1-16(2)12-6-4-8-14(18(19)20)11(12)9-10-5-3-7-13(17)15(10)16/h3-8H,9H2,1-2H3. The molecule has 1 aliphatic rings. The Labute approximate surface area is 122 Å². The van der Waals surface area contributed by atoms with Crippen LogP contribution in [0.5, 0.6) is 0 Å². The summed E-state index contributed by atoms with van der Waals surface area (Å²) >= 11 is 6.36. The molecular weight excluding hydrogens is 274 g/mol. The van der Waals surface area contributed by atoms with Crippen molar-refractivity contribution < 1.29 is 4.92 Å². The van der Waals surface area contributed by atoms with Crippen molar-refractivity contribution in [2.45, 2.75) is 25.7 Å². The SMILES string of the molecule is CC1(C)c2cccc([N+](=O)[O-])c2Cc2cccc(Cl)c21. The lowest BCUT2D eigenvalue weighted by Gasteiger charge is -2.35. The highest BCUT2D eigenvalue weighted by Crippen LogP contribution is 2.46. The van der Waals surface area contributed by atoms with Gasteiger partial charge in [0.1, 0.15) is 0 Å². The van der Waals surface area contributed by atoms with Gasteiger partial charge < -0.3 is 0 Å². The van der Waals surface area contributed by atoms with Gasteiger partial charge in [-0.25, -0.2) is 0 Å². The molecule has 0 heterocycles. The molecule has 0 amide bonds. The third-order valence-electron chi connectivity index (χ3n) is 4.11. The van der Waals surface area contributed by atoms with Crippen LogP contribution in [0, 0.1) is 10.1 Å². The first kappa shape index (κ1) is 13.1. The van der Waals surface area contributed by atoms with Crippen molar-refractivity contribution in [1.82, 2.24) is 0 Å². The molecule has 3 rings (SSSR count). The minimum absolute atomic E-state index is 0.196. The van der Waals surface area contributed by atoms with Crippen LogP contribution in [0.15, 0.2) is 36.4 Å². The van der Waals surface area contributed by atoms with Gasteiger partial charge in [-0.2, -0.15) is 0 Å². The lowest BCUT2D eigenvalue weighted by Crippen LogP contribution is -2.28. The molecule has 0 bridgehead atoms. The second kappa shape index (κ2) is 4.32. The Kier molecular flexibility index (Phi) is 2.83. The molecule has 0 aliphatic heterocycles. The number of hydrogen-bond donors (Lipinski definition) is 0. The average molecular weight is 288 g/mol. The molecule has 0 radical (unpaired) electrons. The molecule has 1 aliphatic carbocycles. The Bertz CT molecular complexity index is 722. The summed E-state index contributed by atoms with van der Waals surface area (Å²) in [4.78, 5) is 10.9. The van der Waals surface area contributed by atoms with Gasteiger partial charge >= 0.3 is 0 Å². The summed E-state index contributed by atoms with van der Waals surface area (Å²) < 4.78 is 0. The van der Waals surface area contributed by atoms with E-state index in [2.05, 4.69) is 13.8 Å². The molecule has 0 N–H and O–H groups in total. The molecule has 0 aromatic heterocycles. The van der Waals surface area contributed by atoms with Crippen LogP contribution in [0.2, 0.25) is 5.02 Å². The van der Waals surface area contributed by atoms with E-state index in [0.29, 0.717) is 6.42 Å². The van der Waals surface area contributed by atoms with Crippen molar-refractivity contribution in [3.63, 3.8) is 0 Å².